The van der Waals surface area contributed by atoms with Gasteiger partial charge in [-0.15, -0.1) is 0 Å². The van der Waals surface area contributed by atoms with Gasteiger partial charge in [0, 0.05) is 13.1 Å². The molecule has 1 saturated heterocycles. The first-order valence-corrected chi connectivity index (χ1v) is 9.64. The van der Waals surface area contributed by atoms with Crippen molar-refractivity contribution in [2.45, 2.75) is 25.3 Å². The Morgan fingerprint density at radius 3 is 2.58 bits per heavy atom. The lowest BCUT2D eigenvalue weighted by molar-refractivity contribution is -0.138. The Labute approximate surface area is 141 Å². The number of sulfonamides is 1. The summed E-state index contributed by atoms with van der Waals surface area (Å²) in [6.45, 7) is 0.555. The van der Waals surface area contributed by atoms with Crippen molar-refractivity contribution < 1.29 is 23.1 Å². The fourth-order valence-corrected chi connectivity index (χ4v) is 3.77. The van der Waals surface area contributed by atoms with E-state index in [-0.39, 0.29) is 18.9 Å². The molecule has 2 rings (SSSR count). The summed E-state index contributed by atoms with van der Waals surface area (Å²) < 4.78 is 24.6. The number of nitrogens with zero attached hydrogens (tertiary/aromatic N) is 1. The monoisotopic (exact) mass is 354 g/mol. The lowest BCUT2D eigenvalue weighted by Crippen LogP contribution is -2.45. The second-order valence-electron chi connectivity index (χ2n) is 6.03. The number of carbonyl (C=O) groups excluding carboxylic acids is 1. The van der Waals surface area contributed by atoms with E-state index in [1.54, 1.807) is 24.3 Å². The van der Waals surface area contributed by atoms with E-state index in [2.05, 4.69) is 5.32 Å². The summed E-state index contributed by atoms with van der Waals surface area (Å²) in [5.74, 6) is -1.78. The van der Waals surface area contributed by atoms with Crippen molar-refractivity contribution in [3.05, 3.63) is 35.9 Å². The van der Waals surface area contributed by atoms with Crippen LogP contribution in [0.5, 0.6) is 0 Å². The molecular formula is C16H22N2O5S. The molecule has 1 aromatic carbocycles. The van der Waals surface area contributed by atoms with E-state index in [1.807, 2.05) is 6.07 Å². The minimum atomic E-state index is -3.33. The normalized spacial score (nSPS) is 20.3. The lowest BCUT2D eigenvalue weighted by atomic mass is 9.97. The van der Waals surface area contributed by atoms with Crippen molar-refractivity contribution >= 4 is 21.9 Å². The van der Waals surface area contributed by atoms with E-state index in [0.29, 0.717) is 24.9 Å². The zero-order chi connectivity index (χ0) is 17.7. The van der Waals surface area contributed by atoms with Crippen molar-refractivity contribution in [3.63, 3.8) is 0 Å². The summed E-state index contributed by atoms with van der Waals surface area (Å²) in [6.07, 6.45) is 2.11. The number of aliphatic carboxylic acids is 1. The van der Waals surface area contributed by atoms with Crippen LogP contribution in [0.25, 0.3) is 0 Å². The summed E-state index contributed by atoms with van der Waals surface area (Å²) in [5.41, 5.74) is 0.712. The van der Waals surface area contributed by atoms with Gasteiger partial charge in [0.25, 0.3) is 0 Å². The fraction of sp³-hybridized carbons (Fsp3) is 0.500. The highest BCUT2D eigenvalue weighted by atomic mass is 32.2. The van der Waals surface area contributed by atoms with E-state index in [9.17, 15) is 18.0 Å². The quantitative estimate of drug-likeness (QED) is 0.793. The molecule has 0 radical (unpaired) electrons. The predicted molar refractivity (Wildman–Crippen MR) is 88.7 cm³/mol. The van der Waals surface area contributed by atoms with Gasteiger partial charge < -0.3 is 10.4 Å². The zero-order valence-electron chi connectivity index (χ0n) is 13.5. The lowest BCUT2D eigenvalue weighted by Gasteiger charge is -2.31. The van der Waals surface area contributed by atoms with Crippen molar-refractivity contribution in [2.75, 3.05) is 19.3 Å². The standard InChI is InChI=1S/C16H22N2O5S/c1-24(22,23)18-9-5-8-13(11-18)16(21)17-14(10-15(19)20)12-6-3-2-4-7-12/h2-4,6-7,13-14H,5,8-11H2,1H3,(H,17,21)(H,19,20)/t13-,14+/m0/s1. The van der Waals surface area contributed by atoms with Gasteiger partial charge in [0.05, 0.1) is 24.6 Å². The average Bonchev–Trinajstić information content (AvgIpc) is 2.54. The highest BCUT2D eigenvalue weighted by Gasteiger charge is 2.31. The second-order valence-corrected chi connectivity index (χ2v) is 8.01. The van der Waals surface area contributed by atoms with Crippen LogP contribution in [-0.4, -0.2) is 49.1 Å². The average molecular weight is 354 g/mol. The van der Waals surface area contributed by atoms with E-state index in [0.717, 1.165) is 6.26 Å². The number of rotatable bonds is 6. The molecule has 1 fully saturated rings. The SMILES string of the molecule is CS(=O)(=O)N1CCC[C@H](C(=O)N[C@H](CC(=O)O)c2ccccc2)C1. The van der Waals surface area contributed by atoms with E-state index < -0.39 is 28.0 Å². The first-order chi connectivity index (χ1) is 11.3. The molecule has 8 heteroatoms. The number of amides is 1. The van der Waals surface area contributed by atoms with E-state index >= 15 is 0 Å². The Balaban J connectivity index is 2.08. The molecule has 2 atom stereocenters. The summed E-state index contributed by atoms with van der Waals surface area (Å²) in [5, 5.41) is 11.8. The maximum atomic E-state index is 12.5. The van der Waals surface area contributed by atoms with Gasteiger partial charge in [-0.2, -0.15) is 0 Å². The maximum absolute atomic E-state index is 12.5. The summed E-state index contributed by atoms with van der Waals surface area (Å²) >= 11 is 0. The van der Waals surface area contributed by atoms with Gasteiger partial charge in [-0.05, 0) is 18.4 Å². The zero-order valence-corrected chi connectivity index (χ0v) is 14.3. The Bertz CT molecular complexity index is 690. The molecule has 0 spiro atoms. The number of carboxylic acid groups (broad SMARTS) is 1. The Morgan fingerprint density at radius 1 is 1.33 bits per heavy atom. The molecule has 132 valence electrons. The highest BCUT2D eigenvalue weighted by Crippen LogP contribution is 2.22. The molecule has 0 aliphatic carbocycles. The van der Waals surface area contributed by atoms with Crippen molar-refractivity contribution in [3.8, 4) is 0 Å². The number of hydrogen-bond donors (Lipinski definition) is 2. The number of benzene rings is 1. The van der Waals surface area contributed by atoms with Gasteiger partial charge in [-0.25, -0.2) is 12.7 Å². The smallest absolute Gasteiger partial charge is 0.305 e. The van der Waals surface area contributed by atoms with Crippen molar-refractivity contribution in [2.24, 2.45) is 5.92 Å². The summed E-state index contributed by atoms with van der Waals surface area (Å²) in [4.78, 5) is 23.6. The van der Waals surface area contributed by atoms with Crippen LogP contribution in [0.4, 0.5) is 0 Å². The van der Waals surface area contributed by atoms with Gasteiger partial charge in [0.15, 0.2) is 0 Å². The van der Waals surface area contributed by atoms with E-state index in [1.165, 1.54) is 4.31 Å². The fourth-order valence-electron chi connectivity index (χ4n) is 2.86. The third kappa shape index (κ3) is 5.04. The number of carboxylic acids is 1. The first-order valence-electron chi connectivity index (χ1n) is 7.79. The third-order valence-electron chi connectivity index (χ3n) is 4.12. The molecule has 0 aromatic heterocycles. The molecule has 2 N–H and O–H groups in total. The number of piperidine rings is 1. The van der Waals surface area contributed by atoms with Crippen LogP contribution in [0.2, 0.25) is 0 Å². The molecule has 7 nitrogen and oxygen atoms in total. The third-order valence-corrected chi connectivity index (χ3v) is 5.39. The predicted octanol–water partition coefficient (Wildman–Crippen LogP) is 0.990. The molecule has 1 amide bonds. The molecule has 1 heterocycles. The molecule has 0 saturated carbocycles. The van der Waals surface area contributed by atoms with Gasteiger partial charge in [-0.1, -0.05) is 30.3 Å². The van der Waals surface area contributed by atoms with Crippen LogP contribution in [0.15, 0.2) is 30.3 Å². The summed E-state index contributed by atoms with van der Waals surface area (Å²) in [6, 6.07) is 8.26. The minimum absolute atomic E-state index is 0.138. The van der Waals surface area contributed by atoms with Crippen LogP contribution < -0.4 is 5.32 Å². The summed E-state index contributed by atoms with van der Waals surface area (Å²) in [7, 11) is -3.33. The maximum Gasteiger partial charge on any atom is 0.305 e. The Morgan fingerprint density at radius 2 is 2.00 bits per heavy atom. The molecule has 0 unspecified atom stereocenters. The first kappa shape index (κ1) is 18.4. The van der Waals surface area contributed by atoms with Gasteiger partial charge in [-0.3, -0.25) is 9.59 Å². The van der Waals surface area contributed by atoms with Crippen LogP contribution in [-0.2, 0) is 19.6 Å². The van der Waals surface area contributed by atoms with Crippen LogP contribution in [0.1, 0.15) is 30.9 Å². The largest absolute Gasteiger partial charge is 0.481 e. The molecule has 1 aromatic rings. The highest BCUT2D eigenvalue weighted by molar-refractivity contribution is 7.88. The minimum Gasteiger partial charge on any atom is -0.481 e. The molecule has 1 aliphatic heterocycles. The van der Waals surface area contributed by atoms with E-state index in [4.69, 9.17) is 5.11 Å². The number of carbonyl (C=O) groups is 2. The van der Waals surface area contributed by atoms with Gasteiger partial charge in [0.1, 0.15) is 0 Å². The Kier molecular flexibility index (Phi) is 5.95. The molecular weight excluding hydrogens is 332 g/mol. The molecule has 1 aliphatic rings. The van der Waals surface area contributed by atoms with Crippen molar-refractivity contribution in [1.29, 1.82) is 0 Å². The van der Waals surface area contributed by atoms with Crippen LogP contribution >= 0.6 is 0 Å². The molecule has 24 heavy (non-hydrogen) atoms. The molecule has 0 bridgehead atoms. The van der Waals surface area contributed by atoms with Crippen molar-refractivity contribution in [1.82, 2.24) is 9.62 Å². The Hall–Kier alpha value is -1.93. The number of nitrogens with one attached hydrogen (secondary N) is 1. The second kappa shape index (κ2) is 7.76. The van der Waals surface area contributed by atoms with Gasteiger partial charge in [0.2, 0.25) is 15.9 Å². The van der Waals surface area contributed by atoms with Crippen LogP contribution in [0.3, 0.4) is 0 Å². The van der Waals surface area contributed by atoms with Gasteiger partial charge >= 0.3 is 5.97 Å². The topological polar surface area (TPSA) is 104 Å². The number of hydrogen-bond acceptors (Lipinski definition) is 4. The van der Waals surface area contributed by atoms with Crippen LogP contribution in [0, 0.1) is 5.92 Å².